The van der Waals surface area contributed by atoms with Crippen molar-refractivity contribution in [2.75, 3.05) is 6.79 Å². The van der Waals surface area contributed by atoms with Crippen LogP contribution in [0.15, 0.2) is 12.1 Å². The number of hydrogen-bond acceptors (Lipinski definition) is 4. The summed E-state index contributed by atoms with van der Waals surface area (Å²) >= 11 is 5.86. The molecule has 0 radical (unpaired) electrons. The smallest absolute Gasteiger partial charge is 0.231 e. The van der Waals surface area contributed by atoms with Gasteiger partial charge in [-0.05, 0) is 17.7 Å². The molecule has 1 aliphatic heterocycles. The highest BCUT2D eigenvalue weighted by Crippen LogP contribution is 2.39. The molecule has 0 spiro atoms. The van der Waals surface area contributed by atoms with Crippen LogP contribution in [-0.4, -0.2) is 15.2 Å². The van der Waals surface area contributed by atoms with Crippen molar-refractivity contribution in [1.82, 2.24) is 0 Å². The molecule has 0 fully saturated rings. The SMILES string of the molecule is NS(=O)(=O)Cc1cc(Cl)c2c(c1)OCO2. The van der Waals surface area contributed by atoms with E-state index in [0.29, 0.717) is 22.1 Å². The highest BCUT2D eigenvalue weighted by atomic mass is 35.5. The molecule has 0 bridgehead atoms. The molecule has 1 heterocycles. The van der Waals surface area contributed by atoms with Crippen LogP contribution >= 0.6 is 11.6 Å². The van der Waals surface area contributed by atoms with E-state index < -0.39 is 10.0 Å². The Kier molecular flexibility index (Phi) is 2.49. The summed E-state index contributed by atoms with van der Waals surface area (Å²) in [6, 6.07) is 3.05. The molecule has 1 aromatic carbocycles. The van der Waals surface area contributed by atoms with Crippen LogP contribution in [0, 0.1) is 0 Å². The molecule has 0 saturated heterocycles. The first-order valence-electron chi connectivity index (χ1n) is 4.04. The molecule has 0 aromatic heterocycles. The van der Waals surface area contributed by atoms with E-state index in [0.717, 1.165) is 0 Å². The molecule has 7 heteroatoms. The normalized spacial score (nSPS) is 14.3. The van der Waals surface area contributed by atoms with Crippen molar-refractivity contribution in [3.05, 3.63) is 22.7 Å². The standard InChI is InChI=1S/C8H8ClNO4S/c9-6-1-5(3-15(10,11)12)2-7-8(6)14-4-13-7/h1-2H,3-4H2,(H2,10,11,12). The van der Waals surface area contributed by atoms with Gasteiger partial charge in [0.05, 0.1) is 10.8 Å². The first kappa shape index (κ1) is 10.5. The van der Waals surface area contributed by atoms with E-state index in [1.165, 1.54) is 6.07 Å². The van der Waals surface area contributed by atoms with E-state index in [9.17, 15) is 8.42 Å². The van der Waals surface area contributed by atoms with Crippen molar-refractivity contribution < 1.29 is 17.9 Å². The number of nitrogens with two attached hydrogens (primary N) is 1. The molecule has 82 valence electrons. The Morgan fingerprint density at radius 1 is 1.40 bits per heavy atom. The zero-order valence-electron chi connectivity index (χ0n) is 7.57. The lowest BCUT2D eigenvalue weighted by atomic mass is 10.2. The van der Waals surface area contributed by atoms with E-state index in [1.807, 2.05) is 0 Å². The number of fused-ring (bicyclic) bond motifs is 1. The van der Waals surface area contributed by atoms with Gasteiger partial charge in [-0.25, -0.2) is 13.6 Å². The lowest BCUT2D eigenvalue weighted by molar-refractivity contribution is 0.174. The maximum Gasteiger partial charge on any atom is 0.231 e. The summed E-state index contributed by atoms with van der Waals surface area (Å²) in [5, 5.41) is 5.24. The van der Waals surface area contributed by atoms with Crippen LogP contribution in [0.4, 0.5) is 0 Å². The Hall–Kier alpha value is -0.980. The fourth-order valence-electron chi connectivity index (χ4n) is 1.34. The minimum absolute atomic E-state index is 0.0912. The Balaban J connectivity index is 2.40. The van der Waals surface area contributed by atoms with Gasteiger partial charge in [0, 0.05) is 0 Å². The summed E-state index contributed by atoms with van der Waals surface area (Å²) < 4.78 is 31.9. The summed E-state index contributed by atoms with van der Waals surface area (Å²) in [5.41, 5.74) is 0.478. The summed E-state index contributed by atoms with van der Waals surface area (Å²) in [4.78, 5) is 0. The molecule has 2 N–H and O–H groups in total. The van der Waals surface area contributed by atoms with Gasteiger partial charge in [0.15, 0.2) is 11.5 Å². The van der Waals surface area contributed by atoms with Crippen molar-refractivity contribution in [3.63, 3.8) is 0 Å². The first-order valence-corrected chi connectivity index (χ1v) is 6.13. The molecule has 1 aliphatic rings. The van der Waals surface area contributed by atoms with E-state index in [1.54, 1.807) is 6.07 Å². The second kappa shape index (κ2) is 3.55. The third kappa shape index (κ3) is 2.34. The van der Waals surface area contributed by atoms with Crippen LogP contribution in [0.5, 0.6) is 11.5 Å². The molecule has 0 aliphatic carbocycles. The van der Waals surface area contributed by atoms with Crippen LogP contribution in [0.2, 0.25) is 5.02 Å². The molecule has 0 amide bonds. The van der Waals surface area contributed by atoms with Gasteiger partial charge in [-0.3, -0.25) is 0 Å². The maximum absolute atomic E-state index is 10.9. The van der Waals surface area contributed by atoms with Crippen LogP contribution < -0.4 is 14.6 Å². The average molecular weight is 250 g/mol. The Labute approximate surface area is 91.8 Å². The Morgan fingerprint density at radius 3 is 2.80 bits per heavy atom. The first-order chi connectivity index (χ1) is 6.96. The number of sulfonamides is 1. The fraction of sp³-hybridized carbons (Fsp3) is 0.250. The molecule has 2 rings (SSSR count). The van der Waals surface area contributed by atoms with E-state index >= 15 is 0 Å². The Morgan fingerprint density at radius 2 is 2.13 bits per heavy atom. The number of primary sulfonamides is 1. The van der Waals surface area contributed by atoms with Gasteiger partial charge >= 0.3 is 0 Å². The number of rotatable bonds is 2. The van der Waals surface area contributed by atoms with Crippen molar-refractivity contribution in [2.45, 2.75) is 5.75 Å². The van der Waals surface area contributed by atoms with Crippen LogP contribution in [0.3, 0.4) is 0 Å². The van der Waals surface area contributed by atoms with E-state index in [-0.39, 0.29) is 12.5 Å². The maximum atomic E-state index is 10.9. The largest absolute Gasteiger partial charge is 0.454 e. The predicted octanol–water partition coefficient (Wildman–Crippen LogP) is 0.857. The average Bonchev–Trinajstić information content (AvgIpc) is 2.48. The molecule has 15 heavy (non-hydrogen) atoms. The summed E-state index contributed by atoms with van der Waals surface area (Å²) in [7, 11) is -3.57. The summed E-state index contributed by atoms with van der Waals surface area (Å²) in [6.07, 6.45) is 0. The van der Waals surface area contributed by atoms with Crippen molar-refractivity contribution in [1.29, 1.82) is 0 Å². The van der Waals surface area contributed by atoms with Gasteiger partial charge in [-0.15, -0.1) is 0 Å². The van der Waals surface area contributed by atoms with Gasteiger partial charge in [0.2, 0.25) is 16.8 Å². The Bertz CT molecular complexity index is 500. The van der Waals surface area contributed by atoms with E-state index in [4.69, 9.17) is 26.2 Å². The van der Waals surface area contributed by atoms with E-state index in [2.05, 4.69) is 0 Å². The molecule has 0 atom stereocenters. The molecule has 0 unspecified atom stereocenters. The van der Waals surface area contributed by atoms with Crippen LogP contribution in [0.1, 0.15) is 5.56 Å². The minimum Gasteiger partial charge on any atom is -0.454 e. The molecule has 5 nitrogen and oxygen atoms in total. The molecular weight excluding hydrogens is 242 g/mol. The quantitative estimate of drug-likeness (QED) is 0.843. The monoisotopic (exact) mass is 249 g/mol. The lowest BCUT2D eigenvalue weighted by Crippen LogP contribution is -2.14. The zero-order valence-corrected chi connectivity index (χ0v) is 9.14. The molecule has 1 aromatic rings. The van der Waals surface area contributed by atoms with Crippen LogP contribution in [0.25, 0.3) is 0 Å². The van der Waals surface area contributed by atoms with Crippen molar-refractivity contribution in [3.8, 4) is 11.5 Å². The summed E-state index contributed by atoms with van der Waals surface area (Å²) in [5.74, 6) is 0.611. The third-order valence-electron chi connectivity index (χ3n) is 1.85. The number of benzene rings is 1. The fourth-order valence-corrected chi connectivity index (χ4v) is 2.26. The topological polar surface area (TPSA) is 78.6 Å². The van der Waals surface area contributed by atoms with Gasteiger partial charge in [0.1, 0.15) is 0 Å². The zero-order chi connectivity index (χ0) is 11.1. The number of ether oxygens (including phenoxy) is 2. The van der Waals surface area contributed by atoms with Crippen molar-refractivity contribution >= 4 is 21.6 Å². The highest BCUT2D eigenvalue weighted by Gasteiger charge is 2.19. The second-order valence-electron chi connectivity index (χ2n) is 3.12. The summed E-state index contributed by atoms with van der Waals surface area (Å²) in [6.45, 7) is 0.0912. The van der Waals surface area contributed by atoms with Crippen LogP contribution in [-0.2, 0) is 15.8 Å². The van der Waals surface area contributed by atoms with Gasteiger partial charge < -0.3 is 9.47 Å². The predicted molar refractivity (Wildman–Crippen MR) is 54.4 cm³/mol. The second-order valence-corrected chi connectivity index (χ2v) is 5.14. The molecular formula is C8H8ClNO4S. The van der Waals surface area contributed by atoms with Gasteiger partial charge in [0.25, 0.3) is 0 Å². The van der Waals surface area contributed by atoms with Crippen molar-refractivity contribution in [2.24, 2.45) is 5.14 Å². The number of halogens is 1. The number of hydrogen-bond donors (Lipinski definition) is 1. The minimum atomic E-state index is -3.57. The van der Waals surface area contributed by atoms with Gasteiger partial charge in [-0.2, -0.15) is 0 Å². The highest BCUT2D eigenvalue weighted by molar-refractivity contribution is 7.88. The molecule has 0 saturated carbocycles. The lowest BCUT2D eigenvalue weighted by Gasteiger charge is -2.03. The third-order valence-corrected chi connectivity index (χ3v) is 2.87. The van der Waals surface area contributed by atoms with Gasteiger partial charge in [-0.1, -0.05) is 11.6 Å².